The van der Waals surface area contributed by atoms with Gasteiger partial charge in [-0.25, -0.2) is 9.59 Å². The maximum absolute atomic E-state index is 12.7. The fraction of sp³-hybridized carbons (Fsp3) is 0.810. The standard InChI is InChI=1S/C21H26F6O5/c1-10(2)16(28)30-15-9-19(7-12-4-5-14(15)13(6-12)8-19)32-11(3)17(29)31-18(20(22,23)24)21(25,26)27/h11-15,18H,1,4-9H2,2-3H3. The van der Waals surface area contributed by atoms with Crippen molar-refractivity contribution in [2.45, 2.75) is 88.6 Å². The number of hydrogen-bond donors (Lipinski definition) is 0. The second-order valence-corrected chi connectivity index (χ2v) is 9.28. The van der Waals surface area contributed by atoms with E-state index in [1.807, 2.05) is 0 Å². The van der Waals surface area contributed by atoms with E-state index in [-0.39, 0.29) is 29.7 Å². The summed E-state index contributed by atoms with van der Waals surface area (Å²) < 4.78 is 91.7. The summed E-state index contributed by atoms with van der Waals surface area (Å²) in [6.07, 6.45) is -14.2. The van der Waals surface area contributed by atoms with Gasteiger partial charge < -0.3 is 14.2 Å². The normalized spacial score (nSPS) is 33.0. The van der Waals surface area contributed by atoms with Crippen LogP contribution in [0.1, 0.15) is 52.4 Å². The van der Waals surface area contributed by atoms with E-state index >= 15 is 0 Å². The Morgan fingerprint density at radius 2 is 1.66 bits per heavy atom. The average Bonchev–Trinajstić information content (AvgIpc) is 2.62. The molecule has 11 heteroatoms. The lowest BCUT2D eigenvalue weighted by Gasteiger charge is -2.57. The molecule has 0 heterocycles. The molecule has 0 aromatic carbocycles. The van der Waals surface area contributed by atoms with Gasteiger partial charge in [-0.2, -0.15) is 26.3 Å². The quantitative estimate of drug-likeness (QED) is 0.313. The van der Waals surface area contributed by atoms with Crippen LogP contribution in [0.2, 0.25) is 0 Å². The molecule has 6 unspecified atom stereocenters. The first-order valence-electron chi connectivity index (χ1n) is 10.5. The molecule has 3 aliphatic carbocycles. The molecule has 182 valence electrons. The van der Waals surface area contributed by atoms with Gasteiger partial charge in [-0.15, -0.1) is 0 Å². The van der Waals surface area contributed by atoms with Crippen molar-refractivity contribution < 1.29 is 50.1 Å². The molecule has 3 rings (SSSR count). The summed E-state index contributed by atoms with van der Waals surface area (Å²) in [6.45, 7) is 6.14. The molecule has 0 saturated heterocycles. The van der Waals surface area contributed by atoms with Crippen LogP contribution >= 0.6 is 0 Å². The molecular weight excluding hydrogens is 446 g/mol. The summed E-state index contributed by atoms with van der Waals surface area (Å²) in [6, 6.07) is 0. The molecule has 32 heavy (non-hydrogen) atoms. The summed E-state index contributed by atoms with van der Waals surface area (Å²) >= 11 is 0. The Kier molecular flexibility index (Phi) is 6.63. The second-order valence-electron chi connectivity index (χ2n) is 9.28. The second kappa shape index (κ2) is 8.53. The Bertz CT molecular complexity index is 745. The molecule has 5 nitrogen and oxygen atoms in total. The van der Waals surface area contributed by atoms with E-state index in [0.717, 1.165) is 26.2 Å². The lowest BCUT2D eigenvalue weighted by molar-refractivity contribution is -0.316. The van der Waals surface area contributed by atoms with Crippen molar-refractivity contribution in [1.82, 2.24) is 0 Å². The van der Waals surface area contributed by atoms with Gasteiger partial charge in [0.15, 0.2) is 6.10 Å². The number of carbonyl (C=O) groups excluding carboxylic acids is 2. The number of ether oxygens (including phenoxy) is 3. The minimum absolute atomic E-state index is 0.0914. The van der Waals surface area contributed by atoms with Gasteiger partial charge in [0.05, 0.1) is 5.60 Å². The minimum atomic E-state index is -5.80. The van der Waals surface area contributed by atoms with Gasteiger partial charge in [-0.1, -0.05) is 6.58 Å². The number of alkyl halides is 6. The zero-order chi connectivity index (χ0) is 24.1. The molecule has 3 bridgehead atoms. The lowest BCUT2D eigenvalue weighted by Crippen LogP contribution is -2.58. The first-order valence-corrected chi connectivity index (χ1v) is 10.5. The SMILES string of the molecule is C=C(C)C(=O)OC1CC2(OC(C)C(=O)OC(C(F)(F)F)C(F)(F)F)CC3CCC1C(C3)C2. The molecule has 0 N–H and O–H groups in total. The molecule has 0 aromatic rings. The van der Waals surface area contributed by atoms with Gasteiger partial charge in [-0.05, 0) is 63.7 Å². The Morgan fingerprint density at radius 1 is 1.03 bits per heavy atom. The molecule has 0 amide bonds. The Labute approximate surface area is 181 Å². The third kappa shape index (κ3) is 5.23. The average molecular weight is 472 g/mol. The molecular formula is C21H26F6O5. The summed E-state index contributed by atoms with van der Waals surface area (Å²) in [7, 11) is 0. The van der Waals surface area contributed by atoms with E-state index in [9.17, 15) is 35.9 Å². The van der Waals surface area contributed by atoms with E-state index in [4.69, 9.17) is 9.47 Å². The summed E-state index contributed by atoms with van der Waals surface area (Å²) in [5.41, 5.74) is -0.777. The van der Waals surface area contributed by atoms with Crippen molar-refractivity contribution in [3.63, 3.8) is 0 Å². The monoisotopic (exact) mass is 472 g/mol. The van der Waals surface area contributed by atoms with Gasteiger partial charge in [0.2, 0.25) is 0 Å². The van der Waals surface area contributed by atoms with Crippen molar-refractivity contribution >= 4 is 11.9 Å². The molecule has 0 aliphatic heterocycles. The lowest BCUT2D eigenvalue weighted by atomic mass is 9.54. The highest BCUT2D eigenvalue weighted by Crippen LogP contribution is 2.56. The van der Waals surface area contributed by atoms with Crippen LogP contribution in [0.4, 0.5) is 26.3 Å². The third-order valence-electron chi connectivity index (χ3n) is 6.69. The van der Waals surface area contributed by atoms with Crippen LogP contribution in [0.15, 0.2) is 12.2 Å². The molecule has 6 atom stereocenters. The summed E-state index contributed by atoms with van der Waals surface area (Å²) in [5.74, 6) is -1.83. The van der Waals surface area contributed by atoms with E-state index < -0.39 is 48.2 Å². The van der Waals surface area contributed by atoms with E-state index in [1.54, 1.807) is 0 Å². The summed E-state index contributed by atoms with van der Waals surface area (Å²) in [4.78, 5) is 24.2. The number of halogens is 6. The highest BCUT2D eigenvalue weighted by molar-refractivity contribution is 5.87. The predicted octanol–water partition coefficient (Wildman–Crippen LogP) is 4.88. The Morgan fingerprint density at radius 3 is 2.22 bits per heavy atom. The van der Waals surface area contributed by atoms with Crippen molar-refractivity contribution in [2.75, 3.05) is 0 Å². The van der Waals surface area contributed by atoms with Gasteiger partial charge >= 0.3 is 24.3 Å². The maximum Gasteiger partial charge on any atom is 0.434 e. The fourth-order valence-electron chi connectivity index (χ4n) is 5.53. The Hall–Kier alpha value is -1.78. The highest BCUT2D eigenvalue weighted by Gasteiger charge is 2.61. The van der Waals surface area contributed by atoms with Crippen molar-refractivity contribution in [3.05, 3.63) is 12.2 Å². The van der Waals surface area contributed by atoms with E-state index in [2.05, 4.69) is 11.3 Å². The minimum Gasteiger partial charge on any atom is -0.459 e. The fourth-order valence-corrected chi connectivity index (χ4v) is 5.53. The van der Waals surface area contributed by atoms with Gasteiger partial charge in [0, 0.05) is 12.0 Å². The predicted molar refractivity (Wildman–Crippen MR) is 98.1 cm³/mol. The molecule has 0 aromatic heterocycles. The van der Waals surface area contributed by atoms with Crippen LogP contribution in [0.3, 0.4) is 0 Å². The maximum atomic E-state index is 12.7. The number of esters is 2. The van der Waals surface area contributed by atoms with Crippen molar-refractivity contribution in [2.24, 2.45) is 17.8 Å². The van der Waals surface area contributed by atoms with Gasteiger partial charge in [0.1, 0.15) is 6.10 Å². The van der Waals surface area contributed by atoms with Gasteiger partial charge in [0.25, 0.3) is 6.10 Å². The van der Waals surface area contributed by atoms with Crippen LogP contribution in [-0.2, 0) is 23.8 Å². The zero-order valence-electron chi connectivity index (χ0n) is 17.7. The van der Waals surface area contributed by atoms with Crippen LogP contribution in [-0.4, -0.2) is 48.2 Å². The van der Waals surface area contributed by atoms with E-state index in [1.165, 1.54) is 6.92 Å². The highest BCUT2D eigenvalue weighted by atomic mass is 19.4. The molecule has 0 spiro atoms. The van der Waals surface area contributed by atoms with Crippen LogP contribution < -0.4 is 0 Å². The van der Waals surface area contributed by atoms with Crippen LogP contribution in [0.25, 0.3) is 0 Å². The number of rotatable bonds is 6. The molecule has 0 radical (unpaired) electrons. The number of fused-ring (bicyclic) bond motifs is 2. The Balaban J connectivity index is 1.75. The molecule has 3 aliphatic rings. The van der Waals surface area contributed by atoms with Crippen LogP contribution in [0, 0.1) is 17.8 Å². The van der Waals surface area contributed by atoms with Crippen molar-refractivity contribution in [3.8, 4) is 0 Å². The zero-order valence-corrected chi connectivity index (χ0v) is 17.7. The molecule has 3 saturated carbocycles. The summed E-state index contributed by atoms with van der Waals surface area (Å²) in [5, 5.41) is 0. The smallest absolute Gasteiger partial charge is 0.434 e. The largest absolute Gasteiger partial charge is 0.459 e. The van der Waals surface area contributed by atoms with E-state index in [0.29, 0.717) is 12.8 Å². The first kappa shape index (κ1) is 24.9. The first-order chi connectivity index (χ1) is 14.6. The van der Waals surface area contributed by atoms with Gasteiger partial charge in [-0.3, -0.25) is 0 Å². The topological polar surface area (TPSA) is 61.8 Å². The molecule has 3 fully saturated rings. The third-order valence-corrected chi connectivity index (χ3v) is 6.69. The number of hydrogen-bond acceptors (Lipinski definition) is 5. The number of carbonyl (C=O) groups is 2. The van der Waals surface area contributed by atoms with Crippen molar-refractivity contribution in [1.29, 1.82) is 0 Å². The van der Waals surface area contributed by atoms with Crippen LogP contribution in [0.5, 0.6) is 0 Å².